The van der Waals surface area contributed by atoms with Crippen LogP contribution in [0.2, 0.25) is 0 Å². The molecule has 0 aliphatic heterocycles. The van der Waals surface area contributed by atoms with E-state index in [-0.39, 0.29) is 0 Å². The van der Waals surface area contributed by atoms with E-state index in [9.17, 15) is 110 Å². The summed E-state index contributed by atoms with van der Waals surface area (Å²) in [5, 5.41) is -5.02. The van der Waals surface area contributed by atoms with Crippen LogP contribution in [0, 0.1) is 0 Å². The predicted molar refractivity (Wildman–Crippen MR) is 73.8 cm³/mol. The first kappa shape index (κ1) is 36.5. The fourth-order valence-corrected chi connectivity index (χ4v) is 5.31. The average Bonchev–Trinajstić information content (AvgIpc) is 2.79. The topological polar surface area (TPSA) is 12.5 Å². The molecule has 0 amide bonds. The van der Waals surface area contributed by atoms with Crippen LogP contribution in [0.5, 0.6) is 0 Å². The minimum Gasteiger partial charge on any atom is -0.292 e. The Bertz CT molecular complexity index is 1140. The quantitative estimate of drug-likeness (QED) is 0.163. The van der Waals surface area contributed by atoms with Gasteiger partial charge in [-0.2, -0.15) is 87.8 Å². The zero-order chi connectivity index (χ0) is 35.8. The molecule has 1 atom stereocenters. The normalized spacial score (nSPS) is 42.0. The summed E-state index contributed by atoms with van der Waals surface area (Å²) >= 11 is 0. The van der Waals surface area contributed by atoms with E-state index >= 15 is 8.78 Å². The van der Waals surface area contributed by atoms with Crippen molar-refractivity contribution >= 4 is 0 Å². The van der Waals surface area contributed by atoms with E-state index in [1.165, 1.54) is 0 Å². The van der Waals surface area contributed by atoms with Crippen molar-refractivity contribution in [1.29, 1.82) is 0 Å². The molecule has 4 saturated carbocycles. The molecule has 0 saturated heterocycles. The largest absolute Gasteiger partial charge is 0.458 e. The van der Waals surface area contributed by atoms with Gasteiger partial charge in [0.2, 0.25) is 0 Å². The second-order valence-electron chi connectivity index (χ2n) is 9.23. The van der Waals surface area contributed by atoms with Gasteiger partial charge >= 0.3 is 71.1 Å². The van der Waals surface area contributed by atoms with Crippen molar-refractivity contribution in [2.75, 3.05) is 0 Å². The van der Waals surface area contributed by atoms with Crippen LogP contribution >= 0.6 is 0 Å². The Morgan fingerprint density at radius 1 is 0.409 bits per heavy atom. The van der Waals surface area contributed by atoms with Crippen LogP contribution in [-0.2, 0) is 4.74 Å². The molecule has 44 heavy (non-hydrogen) atoms. The van der Waals surface area contributed by atoms with Crippen molar-refractivity contribution in [2.24, 2.45) is 0 Å². The minimum atomic E-state index is -9.66. The molecule has 1 unspecified atom stereocenters. The lowest BCUT2D eigenvalue weighted by molar-refractivity contribution is -0.637. The van der Waals surface area contributed by atoms with Gasteiger partial charge in [-0.25, -0.2) is 22.0 Å². The lowest BCUT2D eigenvalue weighted by Crippen LogP contribution is -3.11. The number of hydrogen-bond donors (Lipinski definition) is 0. The molecule has 0 radical (unpaired) electrons. The average molecular weight is 723 g/mol. The van der Waals surface area contributed by atoms with Gasteiger partial charge in [0.05, 0.1) is 5.34 Å². The van der Waals surface area contributed by atoms with Gasteiger partial charge in [0.15, 0.2) is 0 Å². The molecule has 0 heterocycles. The van der Waals surface area contributed by atoms with E-state index < -0.39 is 93.4 Å². The van der Waals surface area contributed by atoms with Crippen LogP contribution < -0.4 is 0 Å². The molecule has 4 aliphatic rings. The lowest BCUT2D eigenvalue weighted by atomic mass is 9.37. The molecule has 4 aliphatic carbocycles. The van der Waals surface area contributed by atoms with E-state index in [1.807, 2.05) is 0 Å². The molecule has 4 bridgehead atoms. The van der Waals surface area contributed by atoms with Crippen LogP contribution in [0.1, 0.15) is 0 Å². The fourth-order valence-electron chi connectivity index (χ4n) is 5.31. The summed E-state index contributed by atoms with van der Waals surface area (Å²) in [6.07, 6.45) is -27.1. The van der Waals surface area contributed by atoms with Crippen molar-refractivity contribution in [1.82, 2.24) is 5.34 Å². The molecule has 0 aromatic rings. The van der Waals surface area contributed by atoms with Crippen LogP contribution in [0.15, 0.2) is 0 Å². The second-order valence-corrected chi connectivity index (χ2v) is 9.23. The maximum Gasteiger partial charge on any atom is 0.458 e. The maximum atomic E-state index is 15.5. The van der Waals surface area contributed by atoms with Crippen LogP contribution in [0.3, 0.4) is 0 Å². The summed E-state index contributed by atoms with van der Waals surface area (Å²) in [4.78, 5) is 0. The molecule has 2 nitrogen and oxygen atoms in total. The molecule has 260 valence electrons. The molecule has 4 fully saturated rings. The Kier molecular flexibility index (Phi) is 6.44. The second kappa shape index (κ2) is 7.76. The van der Waals surface area contributed by atoms with Crippen molar-refractivity contribution in [3.63, 3.8) is 0 Å². The summed E-state index contributed by atoms with van der Waals surface area (Å²) in [6.45, 7) is 0. The molecule has 4 rings (SSSR count). The van der Waals surface area contributed by atoms with Crippen LogP contribution in [0.25, 0.3) is 0 Å². The Morgan fingerprint density at radius 2 is 0.659 bits per heavy atom. The van der Waals surface area contributed by atoms with Gasteiger partial charge in [0.25, 0.3) is 16.9 Å². The third-order valence-corrected chi connectivity index (χ3v) is 7.37. The number of halogens is 27. The van der Waals surface area contributed by atoms with E-state index in [1.54, 1.807) is 0 Å². The highest BCUT2D eigenvalue weighted by atomic mass is 19.4. The van der Waals surface area contributed by atoms with Gasteiger partial charge in [0.1, 0.15) is 0 Å². The molecule has 0 N–H and O–H groups in total. The standard InChI is InChI=1S/C15F27NO/c16-1-5(13(33,34)35,44-15(39,40)12(32,43(41)42)11(30,31)14(36,37)38)2(17)8(24,25)3(18,6(1,20)21)10(28,29)4(19,7(1,22)23)9(2,26)27. The van der Waals surface area contributed by atoms with Crippen molar-refractivity contribution in [3.8, 4) is 0 Å². The maximum absolute atomic E-state index is 15.5. The predicted octanol–water partition coefficient (Wildman–Crippen LogP) is 7.88. The van der Waals surface area contributed by atoms with Gasteiger partial charge < -0.3 is 0 Å². The Balaban J connectivity index is 2.74. The first-order chi connectivity index (χ1) is 18.7. The smallest absolute Gasteiger partial charge is 0.292 e. The number of ether oxygens (including phenoxy) is 1. The van der Waals surface area contributed by atoms with E-state index in [0.717, 1.165) is 4.74 Å². The third kappa shape index (κ3) is 2.57. The minimum absolute atomic E-state index is 1.10. The monoisotopic (exact) mass is 723 g/mol. The van der Waals surface area contributed by atoms with Crippen LogP contribution in [-0.4, -0.2) is 93.4 Å². The van der Waals surface area contributed by atoms with E-state index in [0.29, 0.717) is 0 Å². The Labute approximate surface area is 218 Å². The molecule has 0 spiro atoms. The zero-order valence-corrected chi connectivity index (χ0v) is 18.6. The number of alkyl halides is 25. The van der Waals surface area contributed by atoms with Crippen LogP contribution in [0.4, 0.5) is 119 Å². The van der Waals surface area contributed by atoms with Gasteiger partial charge in [-0.05, 0) is 0 Å². The first-order valence-corrected chi connectivity index (χ1v) is 9.69. The Morgan fingerprint density at radius 3 is 0.864 bits per heavy atom. The van der Waals surface area contributed by atoms with Crippen molar-refractivity contribution < 1.29 is 123 Å². The molecule has 0 aromatic carbocycles. The van der Waals surface area contributed by atoms with Gasteiger partial charge in [0, 0.05) is 0 Å². The SMILES string of the molecule is FN(F)C(F)(C(F)(F)OC1(C(F)(F)F)C2(F)C(F)(F)C3(F)C(F)(F)C(F)(C2(F)F)C(F)(F)C1(F)C3(F)F)C(F)(F)C(F)(F)F. The Hall–Kier alpha value is -1.97. The summed E-state index contributed by atoms with van der Waals surface area (Å²) < 4.78 is 382. The van der Waals surface area contributed by atoms with Gasteiger partial charge in [-0.3, -0.25) is 4.74 Å². The summed E-state index contributed by atoms with van der Waals surface area (Å²) in [5.74, 6) is -63.6. The van der Waals surface area contributed by atoms with E-state index in [2.05, 4.69) is 0 Å². The highest BCUT2D eigenvalue weighted by Crippen LogP contribution is 2.90. The zero-order valence-electron chi connectivity index (χ0n) is 18.6. The third-order valence-electron chi connectivity index (χ3n) is 7.37. The van der Waals surface area contributed by atoms with Gasteiger partial charge in [-0.15, -0.1) is 0 Å². The fraction of sp³-hybridized carbons (Fsp3) is 1.00. The molecular formula is C15F27NO. The highest BCUT2D eigenvalue weighted by Gasteiger charge is 3.25. The van der Waals surface area contributed by atoms with Crippen molar-refractivity contribution in [3.05, 3.63) is 0 Å². The summed E-state index contributed by atoms with van der Waals surface area (Å²) in [5.41, 5.74) is -46.3. The number of nitrogens with zero attached hydrogens (tertiary/aromatic N) is 1. The summed E-state index contributed by atoms with van der Waals surface area (Å²) in [6, 6.07) is 0. The lowest BCUT2D eigenvalue weighted by Gasteiger charge is -2.76. The van der Waals surface area contributed by atoms with E-state index in [4.69, 9.17) is 0 Å². The summed E-state index contributed by atoms with van der Waals surface area (Å²) in [7, 11) is 0. The number of hydrogen-bond acceptors (Lipinski definition) is 2. The molecular weight excluding hydrogens is 723 g/mol. The highest BCUT2D eigenvalue weighted by molar-refractivity contribution is 5.56. The van der Waals surface area contributed by atoms with Crippen molar-refractivity contribution in [2.45, 2.75) is 88.1 Å². The first-order valence-electron chi connectivity index (χ1n) is 9.69. The van der Waals surface area contributed by atoms with Gasteiger partial charge in [-0.1, -0.05) is 8.96 Å². The number of rotatable bonds is 5. The molecule has 0 aromatic heterocycles. The molecule has 29 heteroatoms.